The number of phenolic OH excluding ortho intramolecular Hbond substituents is 1. The number of nitrogens with zero attached hydrogens (tertiary/aromatic N) is 1. The summed E-state index contributed by atoms with van der Waals surface area (Å²) in [7, 11) is 0. The molecule has 2 rings (SSSR count). The molecule has 1 aromatic heterocycles. The fourth-order valence-electron chi connectivity index (χ4n) is 1.65. The van der Waals surface area contributed by atoms with Gasteiger partial charge in [-0.05, 0) is 44.0 Å². The van der Waals surface area contributed by atoms with Crippen LogP contribution in [0.3, 0.4) is 0 Å². The Labute approximate surface area is 88.8 Å². The van der Waals surface area contributed by atoms with Gasteiger partial charge in [0.2, 0.25) is 0 Å². The largest absolute Gasteiger partial charge is 0.507 e. The molecule has 0 fully saturated rings. The summed E-state index contributed by atoms with van der Waals surface area (Å²) in [6, 6.07) is 3.86. The Morgan fingerprint density at radius 3 is 2.20 bits per heavy atom. The molecule has 0 saturated heterocycles. The quantitative estimate of drug-likeness (QED) is 0.747. The van der Waals surface area contributed by atoms with Crippen molar-refractivity contribution < 1.29 is 5.11 Å². The molecule has 0 bridgehead atoms. The molecule has 0 spiro atoms. The summed E-state index contributed by atoms with van der Waals surface area (Å²) in [6.45, 7) is 5.75. The normalized spacial score (nSPS) is 10.6. The lowest BCUT2D eigenvalue weighted by molar-refractivity contribution is 0.467. The maximum atomic E-state index is 9.65. The van der Waals surface area contributed by atoms with Crippen molar-refractivity contribution in [3.63, 3.8) is 0 Å². The molecule has 78 valence electrons. The molecule has 0 atom stereocenters. The van der Waals surface area contributed by atoms with E-state index in [4.69, 9.17) is 0 Å². The number of hydrogen-bond acceptors (Lipinski definition) is 2. The molecule has 0 aliphatic rings. The van der Waals surface area contributed by atoms with E-state index in [9.17, 15) is 5.11 Å². The van der Waals surface area contributed by atoms with Crippen molar-refractivity contribution in [3.05, 3.63) is 35.2 Å². The van der Waals surface area contributed by atoms with Gasteiger partial charge in [0.15, 0.2) is 0 Å². The summed E-state index contributed by atoms with van der Waals surface area (Å²) in [5, 5.41) is 9.65. The van der Waals surface area contributed by atoms with Crippen molar-refractivity contribution in [1.29, 1.82) is 0 Å². The average molecular weight is 202 g/mol. The first-order valence-corrected chi connectivity index (χ1v) is 4.90. The van der Waals surface area contributed by atoms with Gasteiger partial charge in [0.25, 0.3) is 0 Å². The first-order chi connectivity index (χ1) is 7.08. The van der Waals surface area contributed by atoms with Gasteiger partial charge in [-0.15, -0.1) is 0 Å². The zero-order valence-electron chi connectivity index (χ0n) is 9.13. The molecule has 0 saturated carbocycles. The van der Waals surface area contributed by atoms with Crippen molar-refractivity contribution in [2.75, 3.05) is 0 Å². The highest BCUT2D eigenvalue weighted by molar-refractivity contribution is 5.61. The Balaban J connectivity index is 2.55. The van der Waals surface area contributed by atoms with E-state index in [2.05, 4.69) is 9.97 Å². The summed E-state index contributed by atoms with van der Waals surface area (Å²) in [5.74, 6) is 1.21. The predicted molar refractivity (Wildman–Crippen MR) is 59.9 cm³/mol. The average Bonchev–Trinajstić information content (AvgIpc) is 2.60. The van der Waals surface area contributed by atoms with Gasteiger partial charge in [-0.3, -0.25) is 0 Å². The number of nitrogens with one attached hydrogen (secondary N) is 1. The molecule has 3 nitrogen and oxygen atoms in total. The van der Waals surface area contributed by atoms with Gasteiger partial charge in [-0.2, -0.15) is 0 Å². The van der Waals surface area contributed by atoms with Gasteiger partial charge < -0.3 is 10.1 Å². The lowest BCUT2D eigenvalue weighted by Gasteiger charge is -2.05. The fourth-order valence-corrected chi connectivity index (χ4v) is 1.65. The summed E-state index contributed by atoms with van der Waals surface area (Å²) in [6.07, 6.45) is 1.80. The molecule has 2 aromatic rings. The van der Waals surface area contributed by atoms with Crippen LogP contribution in [0.5, 0.6) is 5.75 Å². The van der Waals surface area contributed by atoms with Crippen LogP contribution in [0, 0.1) is 20.8 Å². The Morgan fingerprint density at radius 2 is 1.73 bits per heavy atom. The minimum Gasteiger partial charge on any atom is -0.507 e. The number of aromatic amines is 1. The van der Waals surface area contributed by atoms with Crippen molar-refractivity contribution in [2.45, 2.75) is 20.8 Å². The van der Waals surface area contributed by atoms with Gasteiger partial charge >= 0.3 is 0 Å². The van der Waals surface area contributed by atoms with Crippen molar-refractivity contribution >= 4 is 0 Å². The summed E-state index contributed by atoms with van der Waals surface area (Å²) >= 11 is 0. The van der Waals surface area contributed by atoms with E-state index in [1.807, 2.05) is 32.9 Å². The van der Waals surface area contributed by atoms with Gasteiger partial charge in [-0.1, -0.05) is 0 Å². The Kier molecular flexibility index (Phi) is 2.23. The summed E-state index contributed by atoms with van der Waals surface area (Å²) in [5.41, 5.74) is 3.79. The van der Waals surface area contributed by atoms with Crippen molar-refractivity contribution in [2.24, 2.45) is 0 Å². The first kappa shape index (κ1) is 9.77. The Morgan fingerprint density at radius 1 is 1.13 bits per heavy atom. The number of rotatable bonds is 1. The molecule has 3 heteroatoms. The number of aromatic hydroxyl groups is 1. The summed E-state index contributed by atoms with van der Waals surface area (Å²) < 4.78 is 0. The Bertz CT molecular complexity index is 477. The van der Waals surface area contributed by atoms with E-state index in [0.29, 0.717) is 5.75 Å². The predicted octanol–water partition coefficient (Wildman–Crippen LogP) is 2.71. The lowest BCUT2D eigenvalue weighted by Crippen LogP contribution is -1.86. The summed E-state index contributed by atoms with van der Waals surface area (Å²) in [4.78, 5) is 7.43. The van der Waals surface area contributed by atoms with E-state index < -0.39 is 0 Å². The molecular formula is C12H14N2O. The van der Waals surface area contributed by atoms with Crippen LogP contribution in [0.4, 0.5) is 0 Å². The maximum Gasteiger partial charge on any atom is 0.137 e. The highest BCUT2D eigenvalue weighted by Crippen LogP contribution is 2.27. The molecule has 1 heterocycles. The van der Waals surface area contributed by atoms with Crippen LogP contribution in [-0.4, -0.2) is 15.1 Å². The highest BCUT2D eigenvalue weighted by atomic mass is 16.3. The number of aromatic nitrogens is 2. The molecule has 0 aliphatic carbocycles. The van der Waals surface area contributed by atoms with E-state index in [1.54, 1.807) is 6.20 Å². The molecule has 0 aliphatic heterocycles. The topological polar surface area (TPSA) is 48.9 Å². The number of H-pyrrole nitrogens is 1. The number of aryl methyl sites for hydroxylation is 3. The molecule has 2 N–H and O–H groups in total. The van der Waals surface area contributed by atoms with E-state index in [-0.39, 0.29) is 0 Å². The third-order valence-corrected chi connectivity index (χ3v) is 2.47. The van der Waals surface area contributed by atoms with Crippen LogP contribution in [-0.2, 0) is 0 Å². The van der Waals surface area contributed by atoms with Crippen LogP contribution < -0.4 is 0 Å². The molecule has 15 heavy (non-hydrogen) atoms. The standard InChI is InChI=1S/C12H14N2O/c1-7-4-10(5-8(2)11(7)15)12-13-6-9(3)14-12/h4-6,15H,1-3H3,(H,13,14). The van der Waals surface area contributed by atoms with Gasteiger partial charge in [0.1, 0.15) is 11.6 Å². The van der Waals surface area contributed by atoms with E-state index in [0.717, 1.165) is 28.2 Å². The van der Waals surface area contributed by atoms with Crippen molar-refractivity contribution in [3.8, 4) is 17.1 Å². The number of imidazole rings is 1. The molecule has 1 aromatic carbocycles. The third-order valence-electron chi connectivity index (χ3n) is 2.47. The zero-order valence-corrected chi connectivity index (χ0v) is 9.13. The van der Waals surface area contributed by atoms with Crippen LogP contribution in [0.2, 0.25) is 0 Å². The number of benzene rings is 1. The first-order valence-electron chi connectivity index (χ1n) is 4.90. The SMILES string of the molecule is Cc1cnc(-c2cc(C)c(O)c(C)c2)[nH]1. The second-order valence-electron chi connectivity index (χ2n) is 3.87. The monoisotopic (exact) mass is 202 g/mol. The highest BCUT2D eigenvalue weighted by Gasteiger charge is 2.07. The van der Waals surface area contributed by atoms with Crippen LogP contribution in [0.15, 0.2) is 18.3 Å². The van der Waals surface area contributed by atoms with E-state index in [1.165, 1.54) is 0 Å². The molecular weight excluding hydrogens is 188 g/mol. The van der Waals surface area contributed by atoms with Crippen LogP contribution >= 0.6 is 0 Å². The minimum absolute atomic E-state index is 0.363. The van der Waals surface area contributed by atoms with Gasteiger partial charge in [-0.25, -0.2) is 4.98 Å². The van der Waals surface area contributed by atoms with Crippen molar-refractivity contribution in [1.82, 2.24) is 9.97 Å². The lowest BCUT2D eigenvalue weighted by atomic mass is 10.1. The Hall–Kier alpha value is -1.77. The second kappa shape index (κ2) is 3.42. The maximum absolute atomic E-state index is 9.65. The third kappa shape index (κ3) is 1.73. The zero-order chi connectivity index (χ0) is 11.0. The van der Waals surface area contributed by atoms with Crippen LogP contribution in [0.25, 0.3) is 11.4 Å². The molecule has 0 radical (unpaired) electrons. The van der Waals surface area contributed by atoms with Gasteiger partial charge in [0.05, 0.1) is 0 Å². The minimum atomic E-state index is 0.363. The molecule has 0 amide bonds. The smallest absolute Gasteiger partial charge is 0.137 e. The second-order valence-corrected chi connectivity index (χ2v) is 3.87. The molecule has 0 unspecified atom stereocenters. The number of hydrogen-bond donors (Lipinski definition) is 2. The fraction of sp³-hybridized carbons (Fsp3) is 0.250. The van der Waals surface area contributed by atoms with Crippen LogP contribution in [0.1, 0.15) is 16.8 Å². The van der Waals surface area contributed by atoms with E-state index >= 15 is 0 Å². The number of phenols is 1. The van der Waals surface area contributed by atoms with Gasteiger partial charge in [0, 0.05) is 17.5 Å².